The lowest BCUT2D eigenvalue weighted by Gasteiger charge is -2.24. The first kappa shape index (κ1) is 9.63. The van der Waals surface area contributed by atoms with Crippen molar-refractivity contribution in [3.63, 3.8) is 0 Å². The minimum Gasteiger partial charge on any atom is -0.397 e. The minimum atomic E-state index is -0.421. The van der Waals surface area contributed by atoms with Gasteiger partial charge < -0.3 is 11.1 Å². The van der Waals surface area contributed by atoms with Gasteiger partial charge in [-0.1, -0.05) is 12.5 Å². The van der Waals surface area contributed by atoms with E-state index in [1.807, 2.05) is 18.2 Å². The fraction of sp³-hybridized carbons (Fsp3) is 0.500. The van der Waals surface area contributed by atoms with E-state index in [0.29, 0.717) is 11.4 Å². The van der Waals surface area contributed by atoms with Gasteiger partial charge in [0.25, 0.3) is 11.4 Å². The number of nitroso groups, excluding NO2 is 1. The van der Waals surface area contributed by atoms with Gasteiger partial charge in [-0.2, -0.15) is 0 Å². The molecule has 3 rings (SSSR count). The molecule has 1 saturated carbocycles. The van der Waals surface area contributed by atoms with Gasteiger partial charge in [-0.15, -0.1) is 0 Å². The number of rotatable bonds is 0. The van der Waals surface area contributed by atoms with Crippen LogP contribution >= 0.6 is 0 Å². The Kier molecular flexibility index (Phi) is 1.93. The van der Waals surface area contributed by atoms with Crippen LogP contribution in [-0.4, -0.2) is 10.4 Å². The fourth-order valence-corrected chi connectivity index (χ4v) is 2.84. The minimum absolute atomic E-state index is 0.421. The predicted molar refractivity (Wildman–Crippen MR) is 63.6 cm³/mol. The first-order valence-electron chi connectivity index (χ1n) is 5.87. The number of nitrogens with two attached hydrogens (primary N) is 1. The summed E-state index contributed by atoms with van der Waals surface area (Å²) in [5.41, 5.74) is 7.66. The van der Waals surface area contributed by atoms with Crippen molar-refractivity contribution in [2.45, 2.75) is 37.8 Å². The molecule has 1 fully saturated rings. The summed E-state index contributed by atoms with van der Waals surface area (Å²) in [6.45, 7) is 0. The van der Waals surface area contributed by atoms with E-state index in [0.717, 1.165) is 36.1 Å². The highest BCUT2D eigenvalue weighted by Gasteiger charge is 2.54. The molecule has 16 heavy (non-hydrogen) atoms. The van der Waals surface area contributed by atoms with Crippen molar-refractivity contribution in [3.05, 3.63) is 23.1 Å². The van der Waals surface area contributed by atoms with Crippen molar-refractivity contribution in [1.29, 1.82) is 0 Å². The zero-order chi connectivity index (χ0) is 11.2. The summed E-state index contributed by atoms with van der Waals surface area (Å²) >= 11 is 0. The molecule has 1 aromatic carbocycles. The van der Waals surface area contributed by atoms with E-state index in [1.54, 1.807) is 0 Å². The Hall–Kier alpha value is -1.58. The van der Waals surface area contributed by atoms with Gasteiger partial charge in [0.05, 0.1) is 10.4 Å². The number of hydrogen-bond acceptors (Lipinski definition) is 3. The smallest absolute Gasteiger partial charge is 0.290 e. The highest BCUT2D eigenvalue weighted by atomic mass is 16.3. The molecule has 2 aliphatic rings. The van der Waals surface area contributed by atoms with Gasteiger partial charge in [0, 0.05) is 23.8 Å². The van der Waals surface area contributed by atoms with E-state index in [2.05, 4.69) is 5.32 Å². The van der Waals surface area contributed by atoms with Crippen molar-refractivity contribution in [3.8, 4) is 0 Å². The molecular weight excluding hydrogens is 202 g/mol. The maximum atomic E-state index is 12.3. The molecule has 0 unspecified atom stereocenters. The van der Waals surface area contributed by atoms with Gasteiger partial charge in [0.1, 0.15) is 5.69 Å². The summed E-state index contributed by atoms with van der Waals surface area (Å²) in [4.78, 5) is 12.3. The third kappa shape index (κ3) is 1.16. The number of benzene rings is 1. The Morgan fingerprint density at radius 3 is 2.69 bits per heavy atom. The largest absolute Gasteiger partial charge is 0.397 e. The lowest BCUT2D eigenvalue weighted by Crippen LogP contribution is -2.43. The maximum Gasteiger partial charge on any atom is 0.290 e. The van der Waals surface area contributed by atoms with Crippen LogP contribution in [-0.2, 0) is 0 Å². The number of anilines is 2. The van der Waals surface area contributed by atoms with Crippen molar-refractivity contribution in [1.82, 2.24) is 0 Å². The fourth-order valence-electron chi connectivity index (χ4n) is 2.84. The van der Waals surface area contributed by atoms with Gasteiger partial charge in [0.15, 0.2) is 0 Å². The van der Waals surface area contributed by atoms with E-state index in [9.17, 15) is 4.91 Å². The number of nitrogens with zero attached hydrogens (tertiary/aromatic N) is 1. The Morgan fingerprint density at radius 1 is 1.25 bits per heavy atom. The number of nitrogen functional groups attached to an aromatic ring is 1. The molecule has 0 saturated heterocycles. The summed E-state index contributed by atoms with van der Waals surface area (Å²) in [5.74, 6) is 0. The molecule has 1 spiro atoms. The normalized spacial score (nSPS) is 21.9. The second-order valence-electron chi connectivity index (χ2n) is 4.75. The van der Waals surface area contributed by atoms with Crippen LogP contribution in [0.15, 0.2) is 18.2 Å². The van der Waals surface area contributed by atoms with Gasteiger partial charge in [-0.05, 0) is 18.9 Å². The SMILES string of the molecule is Nc1cccc2c1NC1(CCCCC1)[N+]2=O. The Balaban J connectivity index is 2.05. The molecular formula is C12H16N3O+. The molecule has 84 valence electrons. The van der Waals surface area contributed by atoms with Crippen molar-refractivity contribution < 1.29 is 4.76 Å². The van der Waals surface area contributed by atoms with E-state index in [1.165, 1.54) is 6.42 Å². The third-order valence-corrected chi connectivity index (χ3v) is 3.72. The standard InChI is InChI=1S/C12H16N3O/c13-9-5-4-6-10-11(9)14-12(15(10)16)7-2-1-3-8-12/h4-6,14H,1-3,7-8,13H2/q+1. The summed E-state index contributed by atoms with van der Waals surface area (Å²) in [6.07, 6.45) is 5.26. The molecule has 0 aromatic heterocycles. The molecule has 1 heterocycles. The molecule has 1 aliphatic carbocycles. The maximum absolute atomic E-state index is 12.3. The van der Waals surface area contributed by atoms with Crippen LogP contribution in [0.1, 0.15) is 32.1 Å². The molecule has 4 heteroatoms. The topological polar surface area (TPSA) is 58.1 Å². The summed E-state index contributed by atoms with van der Waals surface area (Å²) in [5, 5.41) is 3.36. The molecule has 0 bridgehead atoms. The first-order chi connectivity index (χ1) is 7.73. The lowest BCUT2D eigenvalue weighted by atomic mass is 9.89. The number of hydrogen-bond donors (Lipinski definition) is 2. The van der Waals surface area contributed by atoms with Crippen molar-refractivity contribution in [2.75, 3.05) is 11.1 Å². The van der Waals surface area contributed by atoms with Crippen LogP contribution in [0.2, 0.25) is 0 Å². The highest BCUT2D eigenvalue weighted by molar-refractivity contribution is 5.79. The van der Waals surface area contributed by atoms with Crippen molar-refractivity contribution in [2.24, 2.45) is 0 Å². The monoisotopic (exact) mass is 218 g/mol. The van der Waals surface area contributed by atoms with Crippen LogP contribution in [0.3, 0.4) is 0 Å². The molecule has 0 amide bonds. The third-order valence-electron chi connectivity index (χ3n) is 3.72. The number of nitrogens with one attached hydrogen (secondary N) is 1. The Bertz CT molecular complexity index is 450. The summed E-state index contributed by atoms with van der Waals surface area (Å²) < 4.78 is 1.14. The van der Waals surface area contributed by atoms with Crippen LogP contribution in [0.25, 0.3) is 0 Å². The zero-order valence-corrected chi connectivity index (χ0v) is 9.20. The second-order valence-corrected chi connectivity index (χ2v) is 4.75. The van der Waals surface area contributed by atoms with E-state index in [-0.39, 0.29) is 0 Å². The summed E-state index contributed by atoms with van der Waals surface area (Å²) in [7, 11) is 0. The van der Waals surface area contributed by atoms with Crippen LogP contribution in [0.5, 0.6) is 0 Å². The van der Waals surface area contributed by atoms with Gasteiger partial charge in [-0.25, -0.2) is 0 Å². The quantitative estimate of drug-likeness (QED) is 0.520. The van der Waals surface area contributed by atoms with Gasteiger partial charge in [0.2, 0.25) is 0 Å². The number of fused-ring (bicyclic) bond motifs is 1. The molecule has 0 radical (unpaired) electrons. The van der Waals surface area contributed by atoms with Crippen LogP contribution in [0.4, 0.5) is 17.1 Å². The average Bonchev–Trinajstić information content (AvgIpc) is 2.57. The van der Waals surface area contributed by atoms with Crippen molar-refractivity contribution >= 4 is 17.1 Å². The van der Waals surface area contributed by atoms with E-state index < -0.39 is 5.66 Å². The molecule has 4 nitrogen and oxygen atoms in total. The zero-order valence-electron chi connectivity index (χ0n) is 9.20. The first-order valence-corrected chi connectivity index (χ1v) is 5.87. The predicted octanol–water partition coefficient (Wildman–Crippen LogP) is 2.77. The van der Waals surface area contributed by atoms with Crippen LogP contribution in [0, 0.1) is 4.91 Å². The molecule has 1 aromatic rings. The van der Waals surface area contributed by atoms with Gasteiger partial charge in [-0.3, -0.25) is 0 Å². The number of para-hydroxylation sites is 1. The molecule has 3 N–H and O–H groups in total. The highest BCUT2D eigenvalue weighted by Crippen LogP contribution is 2.46. The Labute approximate surface area is 94.4 Å². The second kappa shape index (κ2) is 3.20. The molecule has 1 aliphatic heterocycles. The van der Waals surface area contributed by atoms with E-state index in [4.69, 9.17) is 5.73 Å². The van der Waals surface area contributed by atoms with Gasteiger partial charge >= 0.3 is 0 Å². The van der Waals surface area contributed by atoms with E-state index >= 15 is 0 Å². The Morgan fingerprint density at radius 2 is 2.00 bits per heavy atom. The lowest BCUT2D eigenvalue weighted by molar-refractivity contribution is -0.542. The average molecular weight is 218 g/mol. The molecule has 0 atom stereocenters. The summed E-state index contributed by atoms with van der Waals surface area (Å²) in [6, 6.07) is 5.51. The van der Waals surface area contributed by atoms with Crippen LogP contribution < -0.4 is 11.1 Å².